The predicted octanol–water partition coefficient (Wildman–Crippen LogP) is 1.50. The highest BCUT2D eigenvalue weighted by molar-refractivity contribution is 5.75. The van der Waals surface area contributed by atoms with Crippen molar-refractivity contribution in [3.05, 3.63) is 35.9 Å². The largest absolute Gasteiger partial charge is 0.480 e. The number of nitrogens with zero attached hydrogens (tertiary/aromatic N) is 1. The number of carboxylic acid groups (broad SMARTS) is 1. The van der Waals surface area contributed by atoms with Gasteiger partial charge in [0.25, 0.3) is 0 Å². The topological polar surface area (TPSA) is 52.6 Å². The van der Waals surface area contributed by atoms with E-state index >= 15 is 0 Å². The number of hydrogen-bond acceptors (Lipinski definition) is 3. The van der Waals surface area contributed by atoms with Gasteiger partial charge in [0.1, 0.15) is 6.04 Å². The molecule has 1 aliphatic heterocycles. The lowest BCUT2D eigenvalue weighted by atomic mass is 10.1. The summed E-state index contributed by atoms with van der Waals surface area (Å²) in [5, 5.41) is 12.4. The van der Waals surface area contributed by atoms with Gasteiger partial charge in [-0.2, -0.15) is 0 Å². The van der Waals surface area contributed by atoms with Gasteiger partial charge in [0, 0.05) is 13.1 Å². The van der Waals surface area contributed by atoms with Crippen molar-refractivity contribution in [2.45, 2.75) is 18.9 Å². The second-order valence-electron chi connectivity index (χ2n) is 4.68. The zero-order chi connectivity index (χ0) is 12.8. The molecule has 0 radical (unpaired) electrons. The zero-order valence-corrected chi connectivity index (χ0v) is 10.5. The maximum atomic E-state index is 11.3. The van der Waals surface area contributed by atoms with E-state index in [0.29, 0.717) is 6.54 Å². The third kappa shape index (κ3) is 3.55. The van der Waals surface area contributed by atoms with Gasteiger partial charge in [0.15, 0.2) is 0 Å². The van der Waals surface area contributed by atoms with Gasteiger partial charge < -0.3 is 10.0 Å². The fourth-order valence-electron chi connectivity index (χ4n) is 2.37. The average molecular weight is 248 g/mol. The van der Waals surface area contributed by atoms with E-state index in [1.165, 1.54) is 12.8 Å². The maximum Gasteiger partial charge on any atom is 0.325 e. The summed E-state index contributed by atoms with van der Waals surface area (Å²) < 4.78 is 0. The second kappa shape index (κ2) is 6.52. The minimum Gasteiger partial charge on any atom is -0.480 e. The minimum absolute atomic E-state index is 0.603. The third-order valence-electron chi connectivity index (χ3n) is 3.36. The molecule has 1 unspecified atom stereocenters. The summed E-state index contributed by atoms with van der Waals surface area (Å²) in [4.78, 5) is 13.6. The van der Waals surface area contributed by atoms with Crippen molar-refractivity contribution >= 4 is 5.97 Å². The van der Waals surface area contributed by atoms with Crippen molar-refractivity contribution in [3.63, 3.8) is 0 Å². The van der Waals surface area contributed by atoms with Crippen LogP contribution in [0.3, 0.4) is 0 Å². The van der Waals surface area contributed by atoms with Gasteiger partial charge in [-0.1, -0.05) is 30.3 Å². The Morgan fingerprint density at radius 1 is 1.28 bits per heavy atom. The van der Waals surface area contributed by atoms with Gasteiger partial charge in [0.2, 0.25) is 0 Å². The molecule has 0 aliphatic carbocycles. The van der Waals surface area contributed by atoms with Crippen molar-refractivity contribution in [1.82, 2.24) is 10.2 Å². The van der Waals surface area contributed by atoms with Gasteiger partial charge in [0.05, 0.1) is 0 Å². The molecule has 1 aliphatic rings. The second-order valence-corrected chi connectivity index (χ2v) is 4.68. The van der Waals surface area contributed by atoms with Crippen LogP contribution in [0.2, 0.25) is 0 Å². The summed E-state index contributed by atoms with van der Waals surface area (Å²) in [5.41, 5.74) is 0.812. The first-order chi connectivity index (χ1) is 8.77. The Bertz CT molecular complexity index is 375. The van der Waals surface area contributed by atoms with Crippen LogP contribution in [-0.4, -0.2) is 42.2 Å². The normalized spacial score (nSPS) is 17.8. The first kappa shape index (κ1) is 13.1. The summed E-state index contributed by atoms with van der Waals surface area (Å²) in [6.45, 7) is 3.93. The number of aliphatic carboxylic acids is 1. The molecule has 4 nitrogen and oxygen atoms in total. The Morgan fingerprint density at radius 2 is 1.94 bits per heavy atom. The SMILES string of the molecule is O=C(O)C(NCCN1CCCC1)c1ccccc1. The highest BCUT2D eigenvalue weighted by Gasteiger charge is 2.19. The Labute approximate surface area is 108 Å². The molecular formula is C14H20N2O2. The van der Waals surface area contributed by atoms with Gasteiger partial charge in [-0.25, -0.2) is 0 Å². The highest BCUT2D eigenvalue weighted by atomic mass is 16.4. The molecule has 0 saturated carbocycles. The van der Waals surface area contributed by atoms with E-state index < -0.39 is 12.0 Å². The lowest BCUT2D eigenvalue weighted by Gasteiger charge is -2.18. The molecule has 1 atom stereocenters. The van der Waals surface area contributed by atoms with E-state index in [1.807, 2.05) is 30.3 Å². The average Bonchev–Trinajstić information content (AvgIpc) is 2.88. The standard InChI is InChI=1S/C14H20N2O2/c17-14(18)13(12-6-2-1-3-7-12)15-8-11-16-9-4-5-10-16/h1-3,6-7,13,15H,4-5,8-11H2,(H,17,18). The van der Waals surface area contributed by atoms with Crippen molar-refractivity contribution in [2.75, 3.05) is 26.2 Å². The van der Waals surface area contributed by atoms with Crippen LogP contribution in [0.4, 0.5) is 0 Å². The molecule has 1 aromatic rings. The predicted molar refractivity (Wildman–Crippen MR) is 70.5 cm³/mol. The van der Waals surface area contributed by atoms with E-state index in [-0.39, 0.29) is 0 Å². The molecule has 0 amide bonds. The number of benzene rings is 1. The third-order valence-corrected chi connectivity index (χ3v) is 3.36. The minimum atomic E-state index is -0.817. The Hall–Kier alpha value is -1.39. The fourth-order valence-corrected chi connectivity index (χ4v) is 2.37. The number of hydrogen-bond donors (Lipinski definition) is 2. The molecule has 18 heavy (non-hydrogen) atoms. The van der Waals surface area contributed by atoms with Crippen LogP contribution in [0.5, 0.6) is 0 Å². The molecule has 4 heteroatoms. The molecule has 0 aromatic heterocycles. The summed E-state index contributed by atoms with van der Waals surface area (Å²) in [7, 11) is 0. The van der Waals surface area contributed by atoms with Crippen LogP contribution >= 0.6 is 0 Å². The summed E-state index contributed by atoms with van der Waals surface area (Å²) >= 11 is 0. The number of carbonyl (C=O) groups is 1. The van der Waals surface area contributed by atoms with Crippen LogP contribution in [0.15, 0.2) is 30.3 Å². The molecular weight excluding hydrogens is 228 g/mol. The van der Waals surface area contributed by atoms with Crippen molar-refractivity contribution in [2.24, 2.45) is 0 Å². The van der Waals surface area contributed by atoms with Gasteiger partial charge in [-0.15, -0.1) is 0 Å². The molecule has 1 heterocycles. The van der Waals surface area contributed by atoms with Gasteiger partial charge in [-0.3, -0.25) is 10.1 Å². The van der Waals surface area contributed by atoms with Gasteiger partial charge in [-0.05, 0) is 31.5 Å². The van der Waals surface area contributed by atoms with Crippen LogP contribution in [-0.2, 0) is 4.79 Å². The number of likely N-dealkylation sites (tertiary alicyclic amines) is 1. The fraction of sp³-hybridized carbons (Fsp3) is 0.500. The Kier molecular flexibility index (Phi) is 4.73. The first-order valence-corrected chi connectivity index (χ1v) is 6.51. The van der Waals surface area contributed by atoms with E-state index in [4.69, 9.17) is 0 Å². The van der Waals surface area contributed by atoms with Gasteiger partial charge >= 0.3 is 5.97 Å². The summed E-state index contributed by atoms with van der Waals surface area (Å²) in [5.74, 6) is -0.817. The quantitative estimate of drug-likeness (QED) is 0.801. The summed E-state index contributed by atoms with van der Waals surface area (Å²) in [6.07, 6.45) is 2.53. The van der Waals surface area contributed by atoms with Crippen molar-refractivity contribution in [1.29, 1.82) is 0 Å². The summed E-state index contributed by atoms with van der Waals surface area (Å²) in [6, 6.07) is 8.73. The van der Waals surface area contributed by atoms with Crippen LogP contribution in [0.1, 0.15) is 24.4 Å². The lowest BCUT2D eigenvalue weighted by molar-refractivity contribution is -0.139. The van der Waals surface area contributed by atoms with E-state index in [0.717, 1.165) is 25.2 Å². The van der Waals surface area contributed by atoms with E-state index in [2.05, 4.69) is 10.2 Å². The first-order valence-electron chi connectivity index (χ1n) is 6.51. The lowest BCUT2D eigenvalue weighted by Crippen LogP contribution is -2.35. The van der Waals surface area contributed by atoms with Crippen LogP contribution in [0, 0.1) is 0 Å². The number of rotatable bonds is 6. The molecule has 2 rings (SSSR count). The Morgan fingerprint density at radius 3 is 2.56 bits per heavy atom. The van der Waals surface area contributed by atoms with Crippen molar-refractivity contribution < 1.29 is 9.90 Å². The molecule has 1 fully saturated rings. The zero-order valence-electron chi connectivity index (χ0n) is 10.5. The molecule has 2 N–H and O–H groups in total. The monoisotopic (exact) mass is 248 g/mol. The number of carboxylic acids is 1. The Balaban J connectivity index is 1.85. The van der Waals surface area contributed by atoms with E-state index in [1.54, 1.807) is 0 Å². The molecule has 1 aromatic carbocycles. The molecule has 0 bridgehead atoms. The maximum absolute atomic E-state index is 11.3. The molecule has 0 spiro atoms. The molecule has 1 saturated heterocycles. The highest BCUT2D eigenvalue weighted by Crippen LogP contribution is 2.12. The number of nitrogens with one attached hydrogen (secondary N) is 1. The molecule has 98 valence electrons. The van der Waals surface area contributed by atoms with Crippen LogP contribution < -0.4 is 5.32 Å². The van der Waals surface area contributed by atoms with Crippen molar-refractivity contribution in [3.8, 4) is 0 Å². The van der Waals surface area contributed by atoms with Crippen LogP contribution in [0.25, 0.3) is 0 Å². The smallest absolute Gasteiger partial charge is 0.325 e. The van der Waals surface area contributed by atoms with E-state index in [9.17, 15) is 9.90 Å².